The molecule has 0 saturated heterocycles. The third-order valence-electron chi connectivity index (χ3n) is 1.34. The van der Waals surface area contributed by atoms with Gasteiger partial charge in [-0.1, -0.05) is 11.8 Å². The Morgan fingerprint density at radius 2 is 2.38 bits per heavy atom. The molecule has 0 aliphatic heterocycles. The van der Waals surface area contributed by atoms with Crippen LogP contribution in [-0.4, -0.2) is 16.7 Å². The molecule has 64 valence electrons. The average Bonchev–Trinajstić information content (AvgIpc) is 2.16. The summed E-state index contributed by atoms with van der Waals surface area (Å²) >= 11 is 0. The van der Waals surface area contributed by atoms with E-state index < -0.39 is 5.56 Å². The van der Waals surface area contributed by atoms with Gasteiger partial charge in [-0.2, -0.15) is 5.26 Å². The molecule has 13 heavy (non-hydrogen) atoms. The Kier molecular flexibility index (Phi) is 2.86. The first-order valence-electron chi connectivity index (χ1n) is 3.50. The smallest absolute Gasteiger partial charge is 0.265 e. The topological polar surface area (TPSA) is 76.9 Å². The number of H-pyrrole nitrogens is 1. The summed E-state index contributed by atoms with van der Waals surface area (Å²) < 4.78 is 0. The summed E-state index contributed by atoms with van der Waals surface area (Å²) in [5.41, 5.74) is 0.0898. The van der Waals surface area contributed by atoms with Crippen LogP contribution in [0.2, 0.25) is 0 Å². The number of aliphatic hydroxyl groups excluding tert-OH is 1. The van der Waals surface area contributed by atoms with E-state index in [4.69, 9.17) is 10.4 Å². The number of aromatic nitrogens is 1. The van der Waals surface area contributed by atoms with Crippen LogP contribution in [0.1, 0.15) is 11.1 Å². The summed E-state index contributed by atoms with van der Waals surface area (Å²) in [5.74, 6) is 4.98. The maximum Gasteiger partial charge on any atom is 0.265 e. The van der Waals surface area contributed by atoms with Crippen molar-refractivity contribution < 1.29 is 5.11 Å². The predicted octanol–water partition coefficient (Wildman–Crippen LogP) is -0.410. The van der Waals surface area contributed by atoms with Crippen molar-refractivity contribution in [3.8, 4) is 17.9 Å². The molecule has 1 heterocycles. The van der Waals surface area contributed by atoms with Crippen LogP contribution in [0.3, 0.4) is 0 Å². The summed E-state index contributed by atoms with van der Waals surface area (Å²) in [7, 11) is 0. The van der Waals surface area contributed by atoms with Crippen molar-refractivity contribution in [3.63, 3.8) is 0 Å². The fourth-order valence-electron chi connectivity index (χ4n) is 0.781. The summed E-state index contributed by atoms with van der Waals surface area (Å²) in [4.78, 5) is 13.3. The molecule has 0 atom stereocenters. The van der Waals surface area contributed by atoms with Crippen LogP contribution in [-0.2, 0) is 0 Å². The Balaban J connectivity index is 3.16. The second kappa shape index (κ2) is 4.10. The predicted molar refractivity (Wildman–Crippen MR) is 45.7 cm³/mol. The zero-order valence-corrected chi connectivity index (χ0v) is 6.66. The minimum Gasteiger partial charge on any atom is -0.384 e. The van der Waals surface area contributed by atoms with Crippen molar-refractivity contribution in [1.29, 1.82) is 5.26 Å². The van der Waals surface area contributed by atoms with E-state index in [1.807, 2.05) is 0 Å². The van der Waals surface area contributed by atoms with E-state index in [-0.39, 0.29) is 12.2 Å². The molecule has 0 radical (unpaired) electrons. The lowest BCUT2D eigenvalue weighted by Crippen LogP contribution is -2.09. The highest BCUT2D eigenvalue weighted by Gasteiger charge is 1.97. The highest BCUT2D eigenvalue weighted by Crippen LogP contribution is 1.94. The van der Waals surface area contributed by atoms with Gasteiger partial charge in [0.05, 0.1) is 0 Å². The summed E-state index contributed by atoms with van der Waals surface area (Å²) in [6, 6.07) is 3.11. The lowest BCUT2D eigenvalue weighted by molar-refractivity contribution is 0.350. The monoisotopic (exact) mass is 174 g/mol. The highest BCUT2D eigenvalue weighted by atomic mass is 16.2. The van der Waals surface area contributed by atoms with Gasteiger partial charge in [0.25, 0.3) is 5.56 Å². The number of hydrogen-bond acceptors (Lipinski definition) is 3. The van der Waals surface area contributed by atoms with Crippen LogP contribution in [0, 0.1) is 23.2 Å². The van der Waals surface area contributed by atoms with Crippen molar-refractivity contribution in [1.82, 2.24) is 4.98 Å². The second-order valence-corrected chi connectivity index (χ2v) is 2.20. The second-order valence-electron chi connectivity index (χ2n) is 2.20. The lowest BCUT2D eigenvalue weighted by Gasteiger charge is -1.89. The van der Waals surface area contributed by atoms with Gasteiger partial charge in [0, 0.05) is 11.8 Å². The quantitative estimate of drug-likeness (QED) is 0.525. The van der Waals surface area contributed by atoms with E-state index in [2.05, 4.69) is 16.8 Å². The van der Waals surface area contributed by atoms with Gasteiger partial charge in [-0.15, -0.1) is 0 Å². The Bertz CT molecular complexity index is 457. The average molecular weight is 174 g/mol. The van der Waals surface area contributed by atoms with Crippen molar-refractivity contribution in [2.24, 2.45) is 0 Å². The third-order valence-corrected chi connectivity index (χ3v) is 1.34. The van der Waals surface area contributed by atoms with Gasteiger partial charge in [0.15, 0.2) is 0 Å². The van der Waals surface area contributed by atoms with Crippen LogP contribution in [0.5, 0.6) is 0 Å². The number of hydrogen-bond donors (Lipinski definition) is 2. The Hall–Kier alpha value is -2.04. The SMILES string of the molecule is N#Cc1cc(C#CCO)c[nH]c1=O. The maximum absolute atomic E-state index is 10.9. The van der Waals surface area contributed by atoms with Gasteiger partial charge in [-0.3, -0.25) is 4.79 Å². The van der Waals surface area contributed by atoms with Crippen LogP contribution >= 0.6 is 0 Å². The molecule has 1 aromatic rings. The number of pyridine rings is 1. The molecule has 0 bridgehead atoms. The van der Waals surface area contributed by atoms with E-state index in [9.17, 15) is 4.79 Å². The molecule has 4 heteroatoms. The fraction of sp³-hybridized carbons (Fsp3) is 0.111. The molecule has 0 fully saturated rings. The summed E-state index contributed by atoms with van der Waals surface area (Å²) in [6.45, 7) is -0.249. The zero-order chi connectivity index (χ0) is 9.68. The molecule has 2 N–H and O–H groups in total. The van der Waals surface area contributed by atoms with Gasteiger partial charge in [0.2, 0.25) is 0 Å². The molecule has 0 unspecified atom stereocenters. The lowest BCUT2D eigenvalue weighted by atomic mass is 10.2. The standard InChI is InChI=1S/C9H6N2O2/c10-5-8-4-7(2-1-3-12)6-11-9(8)13/h4,6,12H,3H2,(H,11,13). The molecule has 4 nitrogen and oxygen atoms in total. The van der Waals surface area contributed by atoms with Crippen molar-refractivity contribution >= 4 is 0 Å². The van der Waals surface area contributed by atoms with Gasteiger partial charge in [-0.25, -0.2) is 0 Å². The number of aliphatic hydroxyl groups is 1. The molecule has 0 amide bonds. The number of rotatable bonds is 0. The minimum absolute atomic E-state index is 0.0183. The zero-order valence-electron chi connectivity index (χ0n) is 6.66. The first-order valence-corrected chi connectivity index (χ1v) is 3.50. The molecule has 0 aliphatic carbocycles. The van der Waals surface area contributed by atoms with Gasteiger partial charge >= 0.3 is 0 Å². The molecular formula is C9H6N2O2. The largest absolute Gasteiger partial charge is 0.384 e. The molecular weight excluding hydrogens is 168 g/mol. The molecule has 0 aromatic carbocycles. The van der Waals surface area contributed by atoms with Crippen LogP contribution in [0.25, 0.3) is 0 Å². The Morgan fingerprint density at radius 3 is 3.00 bits per heavy atom. The Morgan fingerprint density at radius 1 is 1.62 bits per heavy atom. The first kappa shape index (κ1) is 9.05. The van der Waals surface area contributed by atoms with Crippen molar-refractivity contribution in [2.45, 2.75) is 0 Å². The van der Waals surface area contributed by atoms with E-state index >= 15 is 0 Å². The first-order chi connectivity index (χ1) is 6.27. The van der Waals surface area contributed by atoms with Crippen LogP contribution in [0.15, 0.2) is 17.1 Å². The van der Waals surface area contributed by atoms with Crippen molar-refractivity contribution in [3.05, 3.63) is 33.7 Å². The highest BCUT2D eigenvalue weighted by molar-refractivity contribution is 5.38. The molecule has 1 aromatic heterocycles. The van der Waals surface area contributed by atoms with Crippen LogP contribution < -0.4 is 5.56 Å². The molecule has 1 rings (SSSR count). The van der Waals surface area contributed by atoms with Crippen molar-refractivity contribution in [2.75, 3.05) is 6.61 Å². The van der Waals surface area contributed by atoms with Crippen LogP contribution in [0.4, 0.5) is 0 Å². The Labute approximate surface area is 74.5 Å². The summed E-state index contributed by atoms with van der Waals surface area (Å²) in [6.07, 6.45) is 1.39. The number of nitrogens with one attached hydrogen (secondary N) is 1. The third kappa shape index (κ3) is 2.19. The van der Waals surface area contributed by atoms with E-state index in [1.165, 1.54) is 12.3 Å². The maximum atomic E-state index is 10.9. The molecule has 0 aliphatic rings. The van der Waals surface area contributed by atoms with E-state index in [0.717, 1.165) is 0 Å². The number of nitriles is 1. The number of aromatic amines is 1. The minimum atomic E-state index is -0.433. The normalized spacial score (nSPS) is 8.31. The molecule has 0 spiro atoms. The van der Waals surface area contributed by atoms with Gasteiger partial charge in [-0.05, 0) is 6.07 Å². The van der Waals surface area contributed by atoms with Gasteiger partial charge in [0.1, 0.15) is 18.2 Å². The molecule has 0 saturated carbocycles. The fourth-order valence-corrected chi connectivity index (χ4v) is 0.781. The van der Waals surface area contributed by atoms with E-state index in [0.29, 0.717) is 5.56 Å². The number of nitrogens with zero attached hydrogens (tertiary/aromatic N) is 1. The summed E-state index contributed by atoms with van der Waals surface area (Å²) in [5, 5.41) is 16.9. The van der Waals surface area contributed by atoms with E-state index in [1.54, 1.807) is 6.07 Å². The van der Waals surface area contributed by atoms with Gasteiger partial charge < -0.3 is 10.1 Å².